The van der Waals surface area contributed by atoms with Crippen LogP contribution in [0.2, 0.25) is 0 Å². The van der Waals surface area contributed by atoms with Crippen LogP contribution in [0.4, 0.5) is 0 Å². The van der Waals surface area contributed by atoms with E-state index in [4.69, 9.17) is 4.74 Å². The molecule has 1 spiro atoms. The Morgan fingerprint density at radius 3 is 2.58 bits per heavy atom. The number of hydrogen-bond donors (Lipinski definition) is 0. The minimum atomic E-state index is 0.165. The summed E-state index contributed by atoms with van der Waals surface area (Å²) >= 11 is 0. The van der Waals surface area contributed by atoms with Crippen LogP contribution in [-0.4, -0.2) is 18.0 Å². The van der Waals surface area contributed by atoms with E-state index in [9.17, 15) is 4.79 Å². The van der Waals surface area contributed by atoms with E-state index in [1.165, 1.54) is 6.42 Å². The van der Waals surface area contributed by atoms with Gasteiger partial charge in [0.2, 0.25) is 0 Å². The maximum absolute atomic E-state index is 11.1. The van der Waals surface area contributed by atoms with Crippen molar-refractivity contribution >= 4 is 5.78 Å². The molecule has 2 heteroatoms. The second-order valence-corrected chi connectivity index (χ2v) is 4.52. The van der Waals surface area contributed by atoms with E-state index in [1.54, 1.807) is 0 Å². The molecule has 2 unspecified atom stereocenters. The number of ether oxygens (including phenoxy) is 1. The first-order valence-electron chi connectivity index (χ1n) is 4.96. The Kier molecular flexibility index (Phi) is 1.24. The monoisotopic (exact) mass is 166 g/mol. The van der Waals surface area contributed by atoms with Gasteiger partial charge in [-0.1, -0.05) is 0 Å². The molecule has 3 aliphatic rings. The van der Waals surface area contributed by atoms with Gasteiger partial charge < -0.3 is 4.74 Å². The lowest BCUT2D eigenvalue weighted by Crippen LogP contribution is -2.36. The zero-order chi connectivity index (χ0) is 8.18. The molecule has 2 nitrogen and oxygen atoms in total. The van der Waals surface area contributed by atoms with Gasteiger partial charge in [-0.2, -0.15) is 0 Å². The predicted molar refractivity (Wildman–Crippen MR) is 43.8 cm³/mol. The molecule has 12 heavy (non-hydrogen) atoms. The van der Waals surface area contributed by atoms with Crippen molar-refractivity contribution in [2.45, 2.75) is 37.7 Å². The Morgan fingerprint density at radius 2 is 2.08 bits per heavy atom. The van der Waals surface area contributed by atoms with Gasteiger partial charge in [0.15, 0.2) is 0 Å². The Morgan fingerprint density at radius 1 is 1.33 bits per heavy atom. The van der Waals surface area contributed by atoms with Crippen molar-refractivity contribution < 1.29 is 9.53 Å². The number of ketones is 1. The third kappa shape index (κ3) is 0.817. The summed E-state index contributed by atoms with van der Waals surface area (Å²) in [5.74, 6) is 2.12. The van der Waals surface area contributed by atoms with Gasteiger partial charge in [-0.15, -0.1) is 0 Å². The Hall–Kier alpha value is -0.370. The highest BCUT2D eigenvalue weighted by molar-refractivity contribution is 5.79. The van der Waals surface area contributed by atoms with Crippen LogP contribution in [0.1, 0.15) is 32.1 Å². The summed E-state index contributed by atoms with van der Waals surface area (Å²) in [6, 6.07) is 0. The van der Waals surface area contributed by atoms with E-state index in [-0.39, 0.29) is 5.60 Å². The molecule has 0 N–H and O–H groups in total. The molecular weight excluding hydrogens is 152 g/mol. The molecule has 1 heterocycles. The van der Waals surface area contributed by atoms with Crippen LogP contribution in [0.3, 0.4) is 0 Å². The average molecular weight is 166 g/mol. The fourth-order valence-corrected chi connectivity index (χ4v) is 2.92. The van der Waals surface area contributed by atoms with Gasteiger partial charge in [0.05, 0.1) is 12.2 Å². The quantitative estimate of drug-likeness (QED) is 0.545. The van der Waals surface area contributed by atoms with Crippen molar-refractivity contribution in [1.82, 2.24) is 0 Å². The zero-order valence-corrected chi connectivity index (χ0v) is 7.21. The molecule has 2 saturated carbocycles. The maximum Gasteiger partial charge on any atom is 0.133 e. The Bertz CT molecular complexity index is 224. The predicted octanol–water partition coefficient (Wildman–Crippen LogP) is 1.53. The molecule has 1 saturated heterocycles. The lowest BCUT2D eigenvalue weighted by molar-refractivity contribution is -0.127. The second-order valence-electron chi connectivity index (χ2n) is 4.52. The summed E-state index contributed by atoms with van der Waals surface area (Å²) in [6.45, 7) is 0.971. The van der Waals surface area contributed by atoms with Crippen molar-refractivity contribution in [2.24, 2.45) is 11.8 Å². The molecule has 2 aliphatic carbocycles. The number of hydrogen-bond acceptors (Lipinski definition) is 2. The summed E-state index contributed by atoms with van der Waals surface area (Å²) in [6.07, 6.45) is 4.92. The SMILES string of the molecule is O=C1CCC2(CC1)OCC1CC12. The highest BCUT2D eigenvalue weighted by atomic mass is 16.5. The molecule has 1 aliphatic heterocycles. The van der Waals surface area contributed by atoms with Gasteiger partial charge in [-0.05, 0) is 31.1 Å². The first kappa shape index (κ1) is 7.07. The second kappa shape index (κ2) is 2.11. The molecule has 0 amide bonds. The number of Topliss-reactive ketones (excluding diaryl/α,β-unsaturated/α-hetero) is 1. The fraction of sp³-hybridized carbons (Fsp3) is 0.900. The number of carbonyl (C=O) groups is 1. The smallest absolute Gasteiger partial charge is 0.133 e. The highest BCUT2D eigenvalue weighted by Gasteiger charge is 2.59. The van der Waals surface area contributed by atoms with Crippen LogP contribution < -0.4 is 0 Å². The van der Waals surface area contributed by atoms with Gasteiger partial charge in [-0.3, -0.25) is 4.79 Å². The highest BCUT2D eigenvalue weighted by Crippen LogP contribution is 2.58. The number of rotatable bonds is 0. The van der Waals surface area contributed by atoms with Crippen molar-refractivity contribution in [3.63, 3.8) is 0 Å². The van der Waals surface area contributed by atoms with Crippen LogP contribution in [-0.2, 0) is 9.53 Å². The Labute approximate surface area is 72.3 Å². The van der Waals surface area contributed by atoms with Crippen LogP contribution in [0.5, 0.6) is 0 Å². The van der Waals surface area contributed by atoms with Crippen molar-refractivity contribution in [3.05, 3.63) is 0 Å². The standard InChI is InChI=1S/C10H14O2/c11-8-1-3-10(4-2-8)9-5-7(9)6-12-10/h7,9H,1-6H2. The zero-order valence-electron chi connectivity index (χ0n) is 7.21. The number of carbonyl (C=O) groups excluding carboxylic acids is 1. The summed E-state index contributed by atoms with van der Waals surface area (Å²) in [4.78, 5) is 11.1. The minimum Gasteiger partial charge on any atom is -0.374 e. The van der Waals surface area contributed by atoms with E-state index < -0.39 is 0 Å². The van der Waals surface area contributed by atoms with Gasteiger partial charge in [0.1, 0.15) is 5.78 Å². The van der Waals surface area contributed by atoms with E-state index in [0.717, 1.165) is 44.1 Å². The Balaban J connectivity index is 1.79. The van der Waals surface area contributed by atoms with Gasteiger partial charge in [0, 0.05) is 12.8 Å². The topological polar surface area (TPSA) is 26.3 Å². The largest absolute Gasteiger partial charge is 0.374 e. The molecule has 0 radical (unpaired) electrons. The average Bonchev–Trinajstić information content (AvgIpc) is 2.80. The molecule has 66 valence electrons. The van der Waals surface area contributed by atoms with Crippen LogP contribution in [0.25, 0.3) is 0 Å². The molecule has 0 aromatic heterocycles. The van der Waals surface area contributed by atoms with Crippen LogP contribution >= 0.6 is 0 Å². The van der Waals surface area contributed by atoms with Crippen molar-refractivity contribution in [1.29, 1.82) is 0 Å². The van der Waals surface area contributed by atoms with Gasteiger partial charge >= 0.3 is 0 Å². The van der Waals surface area contributed by atoms with E-state index in [0.29, 0.717) is 5.78 Å². The van der Waals surface area contributed by atoms with Crippen LogP contribution in [0, 0.1) is 11.8 Å². The summed E-state index contributed by atoms with van der Waals surface area (Å²) < 4.78 is 5.84. The third-order valence-corrected chi connectivity index (χ3v) is 3.84. The van der Waals surface area contributed by atoms with Crippen molar-refractivity contribution in [2.75, 3.05) is 6.61 Å². The van der Waals surface area contributed by atoms with Crippen molar-refractivity contribution in [3.8, 4) is 0 Å². The first-order valence-corrected chi connectivity index (χ1v) is 4.96. The first-order chi connectivity index (χ1) is 5.80. The summed E-state index contributed by atoms with van der Waals surface area (Å²) in [5.41, 5.74) is 0.165. The van der Waals surface area contributed by atoms with Gasteiger partial charge in [0.25, 0.3) is 0 Å². The van der Waals surface area contributed by atoms with Crippen LogP contribution in [0.15, 0.2) is 0 Å². The van der Waals surface area contributed by atoms with E-state index in [2.05, 4.69) is 0 Å². The molecule has 3 fully saturated rings. The molecule has 0 aromatic rings. The third-order valence-electron chi connectivity index (χ3n) is 3.84. The fourth-order valence-electron chi connectivity index (χ4n) is 2.92. The molecule has 3 rings (SSSR count). The molecule has 2 atom stereocenters. The normalized spacial score (nSPS) is 43.2. The minimum absolute atomic E-state index is 0.165. The lowest BCUT2D eigenvalue weighted by Gasteiger charge is -2.33. The lowest BCUT2D eigenvalue weighted by atomic mass is 9.81. The maximum atomic E-state index is 11.1. The molecular formula is C10H14O2. The molecule has 0 aromatic carbocycles. The van der Waals surface area contributed by atoms with E-state index >= 15 is 0 Å². The summed E-state index contributed by atoms with van der Waals surface area (Å²) in [5, 5.41) is 0. The summed E-state index contributed by atoms with van der Waals surface area (Å²) in [7, 11) is 0. The van der Waals surface area contributed by atoms with E-state index in [1.807, 2.05) is 0 Å². The van der Waals surface area contributed by atoms with Gasteiger partial charge in [-0.25, -0.2) is 0 Å². The number of fused-ring (bicyclic) bond motifs is 2. The molecule has 0 bridgehead atoms.